The Hall–Kier alpha value is -2.59. The highest BCUT2D eigenvalue weighted by Gasteiger charge is 2.14. The van der Waals surface area contributed by atoms with Crippen LogP contribution in [0.2, 0.25) is 0 Å². The van der Waals surface area contributed by atoms with E-state index >= 15 is 0 Å². The third-order valence-corrected chi connectivity index (χ3v) is 5.53. The summed E-state index contributed by atoms with van der Waals surface area (Å²) in [4.78, 5) is 2.12. The molecule has 0 unspecified atom stereocenters. The molecule has 0 saturated carbocycles. The molecule has 4 heteroatoms. The van der Waals surface area contributed by atoms with Gasteiger partial charge in [-0.15, -0.1) is 0 Å². The summed E-state index contributed by atoms with van der Waals surface area (Å²) in [6, 6.07) is 15.2. The summed E-state index contributed by atoms with van der Waals surface area (Å²) in [7, 11) is 10.2. The lowest BCUT2D eigenvalue weighted by Crippen LogP contribution is -2.10. The summed E-state index contributed by atoms with van der Waals surface area (Å²) in [6.45, 7) is 0. The Balaban J connectivity index is 0.00000300. The summed E-state index contributed by atoms with van der Waals surface area (Å²) >= 11 is 3.69. The molecule has 0 aliphatic heterocycles. The highest BCUT2D eigenvalue weighted by molar-refractivity contribution is 9.10. The van der Waals surface area contributed by atoms with E-state index in [-0.39, 0.29) is 7.43 Å². The van der Waals surface area contributed by atoms with Crippen LogP contribution in [0.5, 0.6) is 0 Å². The van der Waals surface area contributed by atoms with Crippen LogP contribution in [-0.2, 0) is 0 Å². The van der Waals surface area contributed by atoms with Crippen molar-refractivity contribution in [2.45, 2.75) is 7.43 Å². The largest absolute Gasteiger partial charge is 0.387 e. The summed E-state index contributed by atoms with van der Waals surface area (Å²) in [6.07, 6.45) is 8.73. The standard InChI is InChI=1S/C24H26BrN3.CH4/c1-26-23-15-10-19(16-22(23)25)24(17-6-11-20(12-7-17)27(2)3)18-8-13-21(14-9-18)28(4)5;/h6-16H,1-5H3;1H4/p+1. The van der Waals surface area contributed by atoms with E-state index in [0.717, 1.165) is 10.2 Å². The zero-order chi connectivity index (χ0) is 20.3. The van der Waals surface area contributed by atoms with Gasteiger partial charge in [0, 0.05) is 49.1 Å². The van der Waals surface area contributed by atoms with E-state index in [1.165, 1.54) is 33.7 Å². The molecule has 0 atom stereocenters. The number of halogens is 1. The topological polar surface area (TPSA) is 18.3 Å². The van der Waals surface area contributed by atoms with Crippen molar-refractivity contribution in [1.82, 2.24) is 0 Å². The lowest BCUT2D eigenvalue weighted by molar-refractivity contribution is -0.462. The molecule has 3 rings (SSSR count). The van der Waals surface area contributed by atoms with Gasteiger partial charge in [0.1, 0.15) is 14.1 Å². The second-order valence-corrected chi connectivity index (χ2v) is 8.06. The van der Waals surface area contributed by atoms with Gasteiger partial charge in [-0.3, -0.25) is 0 Å². The summed E-state index contributed by atoms with van der Waals surface area (Å²) in [5.74, 6) is 0. The Morgan fingerprint density at radius 3 is 1.97 bits per heavy atom. The number of anilines is 2. The molecule has 0 aromatic heterocycles. The lowest BCUT2D eigenvalue weighted by atomic mass is 9.90. The van der Waals surface area contributed by atoms with Gasteiger partial charge >= 0.3 is 0 Å². The predicted molar refractivity (Wildman–Crippen MR) is 133 cm³/mol. The molecule has 29 heavy (non-hydrogen) atoms. The average molecular weight is 453 g/mol. The molecular formula is C25H31BrN3+. The Bertz CT molecular complexity index is 971. The first-order chi connectivity index (χ1) is 13.4. The maximum atomic E-state index is 3.69. The second kappa shape index (κ2) is 9.75. The average Bonchev–Trinajstić information content (AvgIpc) is 2.69. The highest BCUT2D eigenvalue weighted by Crippen LogP contribution is 2.34. The van der Waals surface area contributed by atoms with Crippen molar-refractivity contribution in [3.63, 3.8) is 0 Å². The molecule has 0 bridgehead atoms. The van der Waals surface area contributed by atoms with Gasteiger partial charge in [-0.1, -0.05) is 25.6 Å². The van der Waals surface area contributed by atoms with E-state index in [1.54, 1.807) is 0 Å². The highest BCUT2D eigenvalue weighted by atomic mass is 79.9. The van der Waals surface area contributed by atoms with Crippen LogP contribution < -0.4 is 10.2 Å². The van der Waals surface area contributed by atoms with Crippen molar-refractivity contribution in [1.29, 1.82) is 0 Å². The summed E-state index contributed by atoms with van der Waals surface area (Å²) in [5, 5.41) is 3.21. The van der Waals surface area contributed by atoms with Gasteiger partial charge < -0.3 is 10.2 Å². The van der Waals surface area contributed by atoms with Crippen LogP contribution >= 0.6 is 15.9 Å². The maximum absolute atomic E-state index is 3.69. The smallest absolute Gasteiger partial charge is 0.199 e. The molecule has 0 heterocycles. The molecule has 2 aromatic rings. The minimum Gasteiger partial charge on any atom is -0.387 e. The second-order valence-electron chi connectivity index (χ2n) is 7.20. The van der Waals surface area contributed by atoms with Crippen molar-refractivity contribution in [2.24, 2.45) is 0 Å². The molecule has 1 aliphatic carbocycles. The van der Waals surface area contributed by atoms with Crippen LogP contribution in [0.25, 0.3) is 5.57 Å². The van der Waals surface area contributed by atoms with Gasteiger partial charge in [-0.25, -0.2) is 4.58 Å². The maximum Gasteiger partial charge on any atom is 0.199 e. The van der Waals surface area contributed by atoms with Gasteiger partial charge in [-0.05, 0) is 74.6 Å². The molecule has 0 radical (unpaired) electrons. The van der Waals surface area contributed by atoms with Gasteiger partial charge in [0.25, 0.3) is 0 Å². The van der Waals surface area contributed by atoms with E-state index in [4.69, 9.17) is 0 Å². The number of hydrogen-bond donors (Lipinski definition) is 1. The molecule has 0 spiro atoms. The molecular weight excluding hydrogens is 422 g/mol. The Kier molecular flexibility index (Phi) is 7.63. The summed E-state index contributed by atoms with van der Waals surface area (Å²) < 4.78 is 3.17. The first-order valence-electron chi connectivity index (χ1n) is 9.31. The SMILES string of the molecule is C.CNc1ccc(C(=C2C=CC(=[N+](C)C)C=C2)c2ccc(N(C)C)cc2)cc1Br. The first kappa shape index (κ1) is 22.7. The zero-order valence-electron chi connectivity index (χ0n) is 17.1. The van der Waals surface area contributed by atoms with Gasteiger partial charge in [0.15, 0.2) is 5.71 Å². The number of nitrogens with one attached hydrogen (secondary N) is 1. The third-order valence-electron chi connectivity index (χ3n) is 4.87. The van der Waals surface area contributed by atoms with Crippen LogP contribution in [0.4, 0.5) is 11.4 Å². The number of benzene rings is 2. The first-order valence-corrected chi connectivity index (χ1v) is 10.1. The monoisotopic (exact) mass is 452 g/mol. The number of hydrogen-bond acceptors (Lipinski definition) is 2. The summed E-state index contributed by atoms with van der Waals surface area (Å²) in [5.41, 5.74) is 8.27. The molecule has 0 amide bonds. The molecule has 1 N–H and O–H groups in total. The minimum absolute atomic E-state index is 0. The predicted octanol–water partition coefficient (Wildman–Crippen LogP) is 5.83. The molecule has 3 nitrogen and oxygen atoms in total. The Morgan fingerprint density at radius 2 is 1.48 bits per heavy atom. The van der Waals surface area contributed by atoms with Crippen LogP contribution in [0.15, 0.2) is 76.8 Å². The fourth-order valence-corrected chi connectivity index (χ4v) is 3.80. The van der Waals surface area contributed by atoms with Crippen molar-refractivity contribution >= 4 is 38.6 Å². The van der Waals surface area contributed by atoms with Crippen LogP contribution in [0, 0.1) is 0 Å². The third kappa shape index (κ3) is 5.07. The quantitative estimate of drug-likeness (QED) is 0.587. The number of allylic oxidation sites excluding steroid dienone is 5. The fraction of sp³-hybridized carbons (Fsp3) is 0.240. The van der Waals surface area contributed by atoms with Crippen molar-refractivity contribution in [2.75, 3.05) is 45.5 Å². The molecule has 152 valence electrons. The molecule has 2 aromatic carbocycles. The Labute approximate surface area is 183 Å². The van der Waals surface area contributed by atoms with E-state index in [0.29, 0.717) is 0 Å². The normalized spacial score (nSPS) is 12.5. The van der Waals surface area contributed by atoms with Crippen molar-refractivity contribution in [3.8, 4) is 0 Å². The van der Waals surface area contributed by atoms with Crippen LogP contribution in [0.3, 0.4) is 0 Å². The van der Waals surface area contributed by atoms with Crippen LogP contribution in [0.1, 0.15) is 18.6 Å². The molecule has 0 fully saturated rings. The minimum atomic E-state index is 0. The van der Waals surface area contributed by atoms with Crippen LogP contribution in [-0.4, -0.2) is 45.5 Å². The van der Waals surface area contributed by atoms with Gasteiger partial charge in [0.2, 0.25) is 0 Å². The van der Waals surface area contributed by atoms with Crippen molar-refractivity contribution in [3.05, 3.63) is 87.9 Å². The van der Waals surface area contributed by atoms with E-state index < -0.39 is 0 Å². The van der Waals surface area contributed by atoms with E-state index in [1.807, 2.05) is 7.05 Å². The molecule has 1 aliphatic rings. The fourth-order valence-electron chi connectivity index (χ4n) is 3.23. The number of rotatable bonds is 4. The lowest BCUT2D eigenvalue weighted by Gasteiger charge is -2.17. The Morgan fingerprint density at radius 1 is 0.897 bits per heavy atom. The molecule has 0 saturated heterocycles. The van der Waals surface area contributed by atoms with Gasteiger partial charge in [-0.2, -0.15) is 0 Å². The number of nitrogens with zero attached hydrogens (tertiary/aromatic N) is 2. The zero-order valence-corrected chi connectivity index (χ0v) is 18.7. The van der Waals surface area contributed by atoms with Gasteiger partial charge in [0.05, 0.1) is 0 Å². The van der Waals surface area contributed by atoms with E-state index in [2.05, 4.69) is 126 Å². The van der Waals surface area contributed by atoms with Crippen molar-refractivity contribution < 1.29 is 4.58 Å². The van der Waals surface area contributed by atoms with E-state index in [9.17, 15) is 0 Å².